The zero-order chi connectivity index (χ0) is 23.3. The molecule has 3 aliphatic rings. The number of nitrogens with zero attached hydrogens (tertiary/aromatic N) is 2. The molecule has 3 heterocycles. The van der Waals surface area contributed by atoms with Gasteiger partial charge in [0.15, 0.2) is 22.9 Å². The molecule has 0 saturated carbocycles. The van der Waals surface area contributed by atoms with Gasteiger partial charge in [0.05, 0.1) is 25.3 Å². The molecule has 9 nitrogen and oxygen atoms in total. The number of urea groups is 1. The Morgan fingerprint density at radius 3 is 2.61 bits per heavy atom. The number of hydroxylamine groups is 2. The van der Waals surface area contributed by atoms with Gasteiger partial charge in [-0.1, -0.05) is 36.4 Å². The van der Waals surface area contributed by atoms with Crippen LogP contribution in [0, 0.1) is 5.82 Å². The first-order chi connectivity index (χ1) is 15.8. The van der Waals surface area contributed by atoms with Crippen molar-refractivity contribution in [3.63, 3.8) is 0 Å². The number of halogens is 1. The minimum absolute atomic E-state index is 0.0419. The smallest absolute Gasteiger partial charge is 0.322 e. The van der Waals surface area contributed by atoms with Gasteiger partial charge in [-0.15, -0.1) is 5.06 Å². The molecular weight excluding hydrogens is 431 g/mol. The average Bonchev–Trinajstić information content (AvgIpc) is 3.43. The molecule has 1 saturated heterocycles. The van der Waals surface area contributed by atoms with Gasteiger partial charge in [0.25, 0.3) is 11.8 Å². The minimum atomic E-state index is -1.66. The Balaban J connectivity index is 1.50. The lowest BCUT2D eigenvalue weighted by Crippen LogP contribution is -2.57. The second-order valence-electron chi connectivity index (χ2n) is 8.11. The molecule has 2 aromatic rings. The molecule has 0 spiro atoms. The molecule has 170 valence electrons. The summed E-state index contributed by atoms with van der Waals surface area (Å²) in [6, 6.07) is 11.5. The highest BCUT2D eigenvalue weighted by Gasteiger charge is 2.55. The third-order valence-electron chi connectivity index (χ3n) is 6.15. The summed E-state index contributed by atoms with van der Waals surface area (Å²) < 4.78 is 19.8. The van der Waals surface area contributed by atoms with E-state index in [1.54, 1.807) is 24.3 Å². The van der Waals surface area contributed by atoms with Crippen LogP contribution in [0.4, 0.5) is 9.18 Å². The number of rotatable bonds is 5. The highest BCUT2D eigenvalue weighted by Crippen LogP contribution is 2.38. The molecule has 2 aromatic carbocycles. The molecule has 3 aliphatic heterocycles. The highest BCUT2D eigenvalue weighted by atomic mass is 19.1. The van der Waals surface area contributed by atoms with E-state index in [0.29, 0.717) is 5.56 Å². The van der Waals surface area contributed by atoms with E-state index in [9.17, 15) is 18.8 Å². The molecule has 0 bridgehead atoms. The first-order valence-electron chi connectivity index (χ1n) is 10.3. The second-order valence-corrected chi connectivity index (χ2v) is 8.11. The number of ether oxygens (including phenoxy) is 1. The predicted molar refractivity (Wildman–Crippen MR) is 113 cm³/mol. The maximum Gasteiger partial charge on any atom is 0.322 e. The Morgan fingerprint density at radius 2 is 1.94 bits per heavy atom. The number of fused-ring (bicyclic) bond motifs is 1. The zero-order valence-corrected chi connectivity index (χ0v) is 17.9. The van der Waals surface area contributed by atoms with Gasteiger partial charge in [0, 0.05) is 13.6 Å². The fourth-order valence-corrected chi connectivity index (χ4v) is 4.49. The number of hydrogen-bond donors (Lipinski definition) is 2. The second kappa shape index (κ2) is 7.59. The Hall–Kier alpha value is -3.92. The number of imide groups is 1. The van der Waals surface area contributed by atoms with Crippen LogP contribution in [0.5, 0.6) is 5.75 Å². The van der Waals surface area contributed by atoms with Gasteiger partial charge in [-0.05, 0) is 23.3 Å². The van der Waals surface area contributed by atoms with Crippen molar-refractivity contribution < 1.29 is 28.3 Å². The van der Waals surface area contributed by atoms with E-state index in [-0.39, 0.29) is 36.2 Å². The van der Waals surface area contributed by atoms with E-state index in [0.717, 1.165) is 5.56 Å². The van der Waals surface area contributed by atoms with Crippen molar-refractivity contribution in [2.75, 3.05) is 20.7 Å². The number of carbonyl (C=O) groups is 3. The van der Waals surface area contributed by atoms with Gasteiger partial charge >= 0.3 is 6.03 Å². The first kappa shape index (κ1) is 21.0. The van der Waals surface area contributed by atoms with E-state index < -0.39 is 29.2 Å². The summed E-state index contributed by atoms with van der Waals surface area (Å²) >= 11 is 0. The third kappa shape index (κ3) is 3.21. The maximum absolute atomic E-state index is 14.8. The lowest BCUT2D eigenvalue weighted by Gasteiger charge is -2.31. The molecule has 1 unspecified atom stereocenters. The van der Waals surface area contributed by atoms with Crippen molar-refractivity contribution >= 4 is 17.8 Å². The molecule has 1 fully saturated rings. The molecule has 33 heavy (non-hydrogen) atoms. The van der Waals surface area contributed by atoms with E-state index in [1.165, 1.54) is 18.1 Å². The van der Waals surface area contributed by atoms with Crippen LogP contribution in [0.2, 0.25) is 0 Å². The third-order valence-corrected chi connectivity index (χ3v) is 6.15. The van der Waals surface area contributed by atoms with Gasteiger partial charge in [-0.3, -0.25) is 14.9 Å². The van der Waals surface area contributed by atoms with Crippen molar-refractivity contribution in [2.24, 2.45) is 0 Å². The standard InChI is InChI=1S/C23H21FN4O5/c1-27-15(13-6-4-3-5-7-13)10-17(33-27)23(21(30)25-22(31)26-23)12-28-11-14-8-9-16(32-2)19(24)18(14)20(28)29/h3-10,15H,11-12H2,1-2H3,(H2,25,26,30,31)/t15?,23-/m0/s1. The van der Waals surface area contributed by atoms with E-state index in [2.05, 4.69) is 10.6 Å². The van der Waals surface area contributed by atoms with Crippen LogP contribution in [0.25, 0.3) is 0 Å². The van der Waals surface area contributed by atoms with Crippen LogP contribution >= 0.6 is 0 Å². The van der Waals surface area contributed by atoms with Gasteiger partial charge in [0.1, 0.15) is 0 Å². The number of methoxy groups -OCH3 is 1. The van der Waals surface area contributed by atoms with Crippen molar-refractivity contribution in [1.82, 2.24) is 20.6 Å². The van der Waals surface area contributed by atoms with Crippen LogP contribution in [0.3, 0.4) is 0 Å². The van der Waals surface area contributed by atoms with Crippen molar-refractivity contribution in [1.29, 1.82) is 0 Å². The molecule has 0 radical (unpaired) electrons. The van der Waals surface area contributed by atoms with Gasteiger partial charge < -0.3 is 19.8 Å². The SMILES string of the molecule is COc1ccc2c(c1F)C(=O)N(C[C@@]1(C3=CC(c4ccccc4)N(C)O3)NC(=O)NC1=O)C2. The number of amides is 4. The summed E-state index contributed by atoms with van der Waals surface area (Å²) in [5, 5.41) is 6.43. The minimum Gasteiger partial charge on any atom is -0.494 e. The number of benzene rings is 2. The maximum atomic E-state index is 14.8. The molecular formula is C23H21FN4O5. The zero-order valence-electron chi connectivity index (χ0n) is 17.9. The summed E-state index contributed by atoms with van der Waals surface area (Å²) in [7, 11) is 3.03. The van der Waals surface area contributed by atoms with E-state index in [4.69, 9.17) is 9.57 Å². The lowest BCUT2D eigenvalue weighted by molar-refractivity contribution is -0.133. The number of carbonyl (C=O) groups excluding carboxylic acids is 3. The Labute approximate surface area is 188 Å². The monoisotopic (exact) mass is 452 g/mol. The number of likely N-dealkylation sites (N-methyl/N-ethyl adjacent to an activating group) is 1. The fourth-order valence-electron chi connectivity index (χ4n) is 4.49. The predicted octanol–water partition coefficient (Wildman–Crippen LogP) is 1.87. The van der Waals surface area contributed by atoms with Gasteiger partial charge in [-0.2, -0.15) is 0 Å². The molecule has 0 aromatic heterocycles. The quantitative estimate of drug-likeness (QED) is 0.672. The van der Waals surface area contributed by atoms with Crippen LogP contribution < -0.4 is 15.4 Å². The molecule has 10 heteroatoms. The summed E-state index contributed by atoms with van der Waals surface area (Å²) in [6.45, 7) is -0.160. The fraction of sp³-hybridized carbons (Fsp3) is 0.261. The number of nitrogens with one attached hydrogen (secondary N) is 2. The molecule has 2 N–H and O–H groups in total. The van der Waals surface area contributed by atoms with Crippen molar-refractivity contribution in [2.45, 2.75) is 18.1 Å². The highest BCUT2D eigenvalue weighted by molar-refractivity contribution is 6.09. The summed E-state index contributed by atoms with van der Waals surface area (Å²) in [6.07, 6.45) is 1.73. The topological polar surface area (TPSA) is 100 Å². The first-order valence-corrected chi connectivity index (χ1v) is 10.3. The van der Waals surface area contributed by atoms with Crippen LogP contribution in [-0.4, -0.2) is 54.0 Å². The van der Waals surface area contributed by atoms with Gasteiger partial charge in [0.2, 0.25) is 0 Å². The van der Waals surface area contributed by atoms with E-state index in [1.807, 2.05) is 30.3 Å². The van der Waals surface area contributed by atoms with Crippen LogP contribution in [0.1, 0.15) is 27.5 Å². The molecule has 5 rings (SSSR count). The van der Waals surface area contributed by atoms with Crippen molar-refractivity contribution in [3.05, 3.63) is 76.8 Å². The van der Waals surface area contributed by atoms with Gasteiger partial charge in [-0.25, -0.2) is 9.18 Å². The Kier molecular flexibility index (Phi) is 4.82. The number of hydrogen-bond acceptors (Lipinski definition) is 6. The molecule has 4 amide bonds. The van der Waals surface area contributed by atoms with Crippen molar-refractivity contribution in [3.8, 4) is 5.75 Å². The van der Waals surface area contributed by atoms with Crippen LogP contribution in [0.15, 0.2) is 54.3 Å². The summed E-state index contributed by atoms with van der Waals surface area (Å²) in [5.74, 6) is -1.86. The van der Waals surface area contributed by atoms with Crippen LogP contribution in [-0.2, 0) is 16.2 Å². The average molecular weight is 452 g/mol. The molecule has 0 aliphatic carbocycles. The summed E-state index contributed by atoms with van der Waals surface area (Å²) in [5.41, 5.74) is -0.366. The van der Waals surface area contributed by atoms with E-state index >= 15 is 0 Å². The Morgan fingerprint density at radius 1 is 1.18 bits per heavy atom. The normalized spacial score (nSPS) is 24.3. The summed E-state index contributed by atoms with van der Waals surface area (Å²) in [4.78, 5) is 45.5. The molecule has 2 atom stereocenters. The Bertz CT molecular complexity index is 1200. The lowest BCUT2D eigenvalue weighted by atomic mass is 9.94. The largest absolute Gasteiger partial charge is 0.494 e.